The molecule has 4 nitrogen and oxygen atoms in total. The van der Waals surface area contributed by atoms with Crippen molar-refractivity contribution in [2.24, 2.45) is 11.8 Å². The zero-order chi connectivity index (χ0) is 13.1. The highest BCUT2D eigenvalue weighted by atomic mass is 16.2. The van der Waals surface area contributed by atoms with E-state index in [0.717, 1.165) is 39.0 Å². The summed E-state index contributed by atoms with van der Waals surface area (Å²) < 4.78 is 0. The normalized spacial score (nSPS) is 30.9. The maximum atomic E-state index is 12.2. The molecule has 2 aliphatic heterocycles. The summed E-state index contributed by atoms with van der Waals surface area (Å²) in [4.78, 5) is 14.7. The van der Waals surface area contributed by atoms with Crippen molar-refractivity contribution in [1.29, 1.82) is 0 Å². The van der Waals surface area contributed by atoms with Gasteiger partial charge in [-0.15, -0.1) is 0 Å². The summed E-state index contributed by atoms with van der Waals surface area (Å²) in [7, 11) is 0. The summed E-state index contributed by atoms with van der Waals surface area (Å²) in [6.45, 7) is 10.8. The summed E-state index contributed by atoms with van der Waals surface area (Å²) in [5.74, 6) is 1.07. The van der Waals surface area contributed by atoms with Crippen LogP contribution in [-0.2, 0) is 4.79 Å². The Hall–Kier alpha value is -0.610. The molecule has 2 heterocycles. The molecule has 0 saturated carbocycles. The predicted octanol–water partition coefficient (Wildman–Crippen LogP) is 0.831. The number of hydrogen-bond acceptors (Lipinski definition) is 3. The van der Waals surface area contributed by atoms with E-state index in [1.807, 2.05) is 0 Å². The van der Waals surface area contributed by atoms with Crippen molar-refractivity contribution >= 4 is 5.91 Å². The monoisotopic (exact) mass is 253 g/mol. The van der Waals surface area contributed by atoms with Gasteiger partial charge >= 0.3 is 0 Å². The lowest BCUT2D eigenvalue weighted by atomic mass is 9.96. The topological polar surface area (TPSA) is 44.4 Å². The van der Waals surface area contributed by atoms with Gasteiger partial charge in [-0.3, -0.25) is 9.69 Å². The van der Waals surface area contributed by atoms with Gasteiger partial charge in [0.05, 0.1) is 0 Å². The Labute approximate surface area is 110 Å². The first-order chi connectivity index (χ1) is 8.58. The molecule has 0 aromatic rings. The van der Waals surface area contributed by atoms with Crippen molar-refractivity contribution in [2.45, 2.75) is 45.7 Å². The lowest BCUT2D eigenvalue weighted by Gasteiger charge is -2.25. The zero-order valence-corrected chi connectivity index (χ0v) is 11.9. The number of nitrogens with one attached hydrogen (secondary N) is 2. The molecule has 2 rings (SSSR count). The van der Waals surface area contributed by atoms with Gasteiger partial charge in [0.2, 0.25) is 5.91 Å². The van der Waals surface area contributed by atoms with Gasteiger partial charge in [0.1, 0.15) is 0 Å². The predicted molar refractivity (Wildman–Crippen MR) is 73.4 cm³/mol. The van der Waals surface area contributed by atoms with Crippen LogP contribution in [0.4, 0.5) is 0 Å². The fourth-order valence-electron chi connectivity index (χ4n) is 3.00. The molecule has 0 bridgehead atoms. The van der Waals surface area contributed by atoms with E-state index in [2.05, 4.69) is 36.3 Å². The van der Waals surface area contributed by atoms with Crippen molar-refractivity contribution in [3.8, 4) is 0 Å². The minimum absolute atomic E-state index is 0.228. The fourth-order valence-corrected chi connectivity index (χ4v) is 3.00. The van der Waals surface area contributed by atoms with Crippen LogP contribution in [0.3, 0.4) is 0 Å². The van der Waals surface area contributed by atoms with E-state index in [0.29, 0.717) is 18.0 Å². The van der Waals surface area contributed by atoms with Gasteiger partial charge in [-0.2, -0.15) is 0 Å². The first-order valence-corrected chi connectivity index (χ1v) is 7.33. The largest absolute Gasteiger partial charge is 0.352 e. The highest BCUT2D eigenvalue weighted by Gasteiger charge is 2.33. The smallest absolute Gasteiger partial charge is 0.223 e. The van der Waals surface area contributed by atoms with Crippen molar-refractivity contribution < 1.29 is 4.79 Å². The van der Waals surface area contributed by atoms with Gasteiger partial charge < -0.3 is 10.6 Å². The number of carbonyl (C=O) groups excluding carboxylic acids is 1. The van der Waals surface area contributed by atoms with Gasteiger partial charge in [0.15, 0.2) is 0 Å². The standard InChI is InChI=1S/C14H27N3O/c1-10(2)17-8-11(3)13(9-17)16-14(18)12-4-6-15-7-5-12/h10-13,15H,4-9H2,1-3H3,(H,16,18). The van der Waals surface area contributed by atoms with Crippen LogP contribution in [0.5, 0.6) is 0 Å². The maximum absolute atomic E-state index is 12.2. The van der Waals surface area contributed by atoms with Crippen molar-refractivity contribution in [2.75, 3.05) is 26.2 Å². The summed E-state index contributed by atoms with van der Waals surface area (Å²) in [5, 5.41) is 6.58. The van der Waals surface area contributed by atoms with Gasteiger partial charge in [-0.05, 0) is 45.7 Å². The summed E-state index contributed by atoms with van der Waals surface area (Å²) >= 11 is 0. The second-order valence-electron chi connectivity index (χ2n) is 6.16. The highest BCUT2D eigenvalue weighted by Crippen LogP contribution is 2.20. The Kier molecular flexibility index (Phi) is 4.62. The molecule has 2 saturated heterocycles. The first kappa shape index (κ1) is 13.8. The average Bonchev–Trinajstić information content (AvgIpc) is 2.72. The number of hydrogen-bond donors (Lipinski definition) is 2. The number of amides is 1. The van der Waals surface area contributed by atoms with Crippen LogP contribution in [0.1, 0.15) is 33.6 Å². The molecule has 2 fully saturated rings. The third-order valence-electron chi connectivity index (χ3n) is 4.41. The minimum atomic E-state index is 0.228. The van der Waals surface area contributed by atoms with Crippen LogP contribution < -0.4 is 10.6 Å². The van der Waals surface area contributed by atoms with Crippen LogP contribution in [0.25, 0.3) is 0 Å². The molecule has 0 aromatic carbocycles. The van der Waals surface area contributed by atoms with Gasteiger partial charge in [-0.25, -0.2) is 0 Å². The average molecular weight is 253 g/mol. The molecule has 4 heteroatoms. The highest BCUT2D eigenvalue weighted by molar-refractivity contribution is 5.79. The maximum Gasteiger partial charge on any atom is 0.223 e. The molecule has 18 heavy (non-hydrogen) atoms. The second-order valence-corrected chi connectivity index (χ2v) is 6.16. The zero-order valence-electron chi connectivity index (χ0n) is 11.9. The molecule has 0 aliphatic carbocycles. The van der Waals surface area contributed by atoms with E-state index in [4.69, 9.17) is 0 Å². The van der Waals surface area contributed by atoms with Gasteiger partial charge in [-0.1, -0.05) is 6.92 Å². The molecule has 2 aliphatic rings. The molecule has 2 atom stereocenters. The molecule has 0 radical (unpaired) electrons. The number of rotatable bonds is 3. The molecule has 0 aromatic heterocycles. The van der Waals surface area contributed by atoms with E-state index in [1.165, 1.54) is 0 Å². The Morgan fingerprint density at radius 3 is 2.50 bits per heavy atom. The van der Waals surface area contributed by atoms with Crippen molar-refractivity contribution in [3.63, 3.8) is 0 Å². The molecule has 2 unspecified atom stereocenters. The summed E-state index contributed by atoms with van der Waals surface area (Å²) in [5.41, 5.74) is 0. The number of likely N-dealkylation sites (tertiary alicyclic amines) is 1. The van der Waals surface area contributed by atoms with Crippen LogP contribution >= 0.6 is 0 Å². The number of piperidine rings is 1. The van der Waals surface area contributed by atoms with E-state index in [1.54, 1.807) is 0 Å². The number of nitrogens with zero attached hydrogens (tertiary/aromatic N) is 1. The Bertz CT molecular complexity index is 287. The quantitative estimate of drug-likeness (QED) is 0.783. The number of carbonyl (C=O) groups is 1. The van der Waals surface area contributed by atoms with Gasteiger partial charge in [0, 0.05) is 31.1 Å². The van der Waals surface area contributed by atoms with Crippen molar-refractivity contribution in [3.05, 3.63) is 0 Å². The van der Waals surface area contributed by atoms with E-state index in [9.17, 15) is 4.79 Å². The van der Waals surface area contributed by atoms with E-state index in [-0.39, 0.29) is 11.8 Å². The first-order valence-electron chi connectivity index (χ1n) is 7.33. The van der Waals surface area contributed by atoms with Crippen LogP contribution in [0.2, 0.25) is 0 Å². The minimum Gasteiger partial charge on any atom is -0.352 e. The molecule has 1 amide bonds. The van der Waals surface area contributed by atoms with Crippen LogP contribution in [0, 0.1) is 11.8 Å². The molecular formula is C14H27N3O. The third-order valence-corrected chi connectivity index (χ3v) is 4.41. The Morgan fingerprint density at radius 1 is 1.28 bits per heavy atom. The molecule has 2 N–H and O–H groups in total. The van der Waals surface area contributed by atoms with Crippen LogP contribution in [0.15, 0.2) is 0 Å². The second kappa shape index (κ2) is 6.02. The summed E-state index contributed by atoms with van der Waals surface area (Å²) in [6, 6.07) is 0.919. The summed E-state index contributed by atoms with van der Waals surface area (Å²) in [6.07, 6.45) is 1.97. The molecule has 0 spiro atoms. The van der Waals surface area contributed by atoms with Gasteiger partial charge in [0.25, 0.3) is 0 Å². The Balaban J connectivity index is 1.83. The Morgan fingerprint density at radius 2 is 1.94 bits per heavy atom. The lowest BCUT2D eigenvalue weighted by Crippen LogP contribution is -2.45. The SMILES string of the molecule is CC1CN(C(C)C)CC1NC(=O)C1CCNCC1. The third kappa shape index (κ3) is 3.23. The fraction of sp³-hybridized carbons (Fsp3) is 0.929. The van der Waals surface area contributed by atoms with Crippen molar-refractivity contribution in [1.82, 2.24) is 15.5 Å². The molecule has 104 valence electrons. The molecular weight excluding hydrogens is 226 g/mol. The lowest BCUT2D eigenvalue weighted by molar-refractivity contribution is -0.126. The van der Waals surface area contributed by atoms with E-state index < -0.39 is 0 Å². The van der Waals surface area contributed by atoms with Crippen LogP contribution in [-0.4, -0.2) is 49.1 Å². The van der Waals surface area contributed by atoms with E-state index >= 15 is 0 Å².